The van der Waals surface area contributed by atoms with E-state index in [1.54, 1.807) is 4.57 Å². The number of rotatable bonds is 6. The van der Waals surface area contributed by atoms with Crippen molar-refractivity contribution in [2.45, 2.75) is 38.4 Å². The quantitative estimate of drug-likeness (QED) is 0.602. The summed E-state index contributed by atoms with van der Waals surface area (Å²) in [6, 6.07) is 16.6. The van der Waals surface area contributed by atoms with Crippen LogP contribution in [-0.4, -0.2) is 52.2 Å². The van der Waals surface area contributed by atoms with E-state index in [0.29, 0.717) is 19.6 Å². The highest BCUT2D eigenvalue weighted by molar-refractivity contribution is 7.91. The van der Waals surface area contributed by atoms with Gasteiger partial charge >= 0.3 is 5.69 Å². The minimum absolute atomic E-state index is 0.0458. The summed E-state index contributed by atoms with van der Waals surface area (Å²) >= 11 is 0. The molecule has 1 saturated carbocycles. The molecule has 2 aliphatic rings. The summed E-state index contributed by atoms with van der Waals surface area (Å²) < 4.78 is 26.4. The molecule has 174 valence electrons. The van der Waals surface area contributed by atoms with Crippen LogP contribution in [-0.2, 0) is 22.9 Å². The summed E-state index contributed by atoms with van der Waals surface area (Å²) in [6.07, 6.45) is 4.53. The minimum atomic E-state index is -2.87. The molecular formula is C25H29N3O4S. The summed E-state index contributed by atoms with van der Waals surface area (Å²) in [5.41, 5.74) is 4.20. The first-order chi connectivity index (χ1) is 15.9. The normalized spacial score (nSPS) is 18.8. The molecule has 1 saturated heterocycles. The summed E-state index contributed by atoms with van der Waals surface area (Å²) in [7, 11) is -2.87. The van der Waals surface area contributed by atoms with Gasteiger partial charge in [0.15, 0.2) is 9.84 Å². The van der Waals surface area contributed by atoms with Crippen molar-refractivity contribution in [2.24, 2.45) is 0 Å². The number of benzene rings is 2. The summed E-state index contributed by atoms with van der Waals surface area (Å²) in [5.74, 6) is 0.516. The van der Waals surface area contributed by atoms with Crippen molar-refractivity contribution in [3.05, 3.63) is 76.3 Å². The van der Waals surface area contributed by atoms with E-state index in [1.807, 2.05) is 18.2 Å². The molecule has 7 nitrogen and oxygen atoms in total. The number of sulfone groups is 1. The van der Waals surface area contributed by atoms with Gasteiger partial charge in [-0.05, 0) is 47.6 Å². The van der Waals surface area contributed by atoms with E-state index >= 15 is 0 Å². The molecule has 33 heavy (non-hydrogen) atoms. The van der Waals surface area contributed by atoms with Gasteiger partial charge in [-0.3, -0.25) is 14.0 Å². The average molecular weight is 468 g/mol. The second-order valence-electron chi connectivity index (χ2n) is 9.18. The van der Waals surface area contributed by atoms with Crippen molar-refractivity contribution in [1.82, 2.24) is 14.0 Å². The molecule has 5 rings (SSSR count). The van der Waals surface area contributed by atoms with E-state index in [9.17, 15) is 18.3 Å². The standard InChI is InChI=1S/C25H29N3O4S/c29-24-18-27(25(30)28(24)23-5-2-6-23)17-19-7-9-21(10-8-19)22-4-1-3-20(15-22)16-26-11-13-33(31,32)14-12-26/h1,3-4,7-10,15,18,23,29H,2,5-6,11-14,16-17H2. The maximum absolute atomic E-state index is 12.7. The fraction of sp³-hybridized carbons (Fsp3) is 0.400. The Morgan fingerprint density at radius 3 is 2.30 bits per heavy atom. The van der Waals surface area contributed by atoms with Crippen molar-refractivity contribution in [3.8, 4) is 17.0 Å². The first-order valence-corrected chi connectivity index (χ1v) is 13.3. The Hall–Kier alpha value is -2.84. The zero-order chi connectivity index (χ0) is 23.0. The van der Waals surface area contributed by atoms with Gasteiger partial charge in [-0.15, -0.1) is 0 Å². The van der Waals surface area contributed by atoms with Crippen LogP contribution in [0.15, 0.2) is 59.5 Å². The summed E-state index contributed by atoms with van der Waals surface area (Å²) in [4.78, 5) is 14.9. The maximum atomic E-state index is 12.7. The van der Waals surface area contributed by atoms with Gasteiger partial charge in [0.1, 0.15) is 0 Å². The monoisotopic (exact) mass is 467 g/mol. The van der Waals surface area contributed by atoms with Gasteiger partial charge in [0.25, 0.3) is 0 Å². The first kappa shape index (κ1) is 22.0. The van der Waals surface area contributed by atoms with Gasteiger partial charge in [-0.1, -0.05) is 42.5 Å². The number of imidazole rings is 1. The molecule has 1 aliphatic carbocycles. The average Bonchev–Trinajstić information content (AvgIpc) is 3.03. The van der Waals surface area contributed by atoms with Crippen LogP contribution in [0.2, 0.25) is 0 Å². The van der Waals surface area contributed by atoms with E-state index in [0.717, 1.165) is 48.1 Å². The van der Waals surface area contributed by atoms with Gasteiger partial charge in [-0.25, -0.2) is 13.2 Å². The molecular weight excluding hydrogens is 438 g/mol. The zero-order valence-electron chi connectivity index (χ0n) is 18.6. The molecule has 2 heterocycles. The third kappa shape index (κ3) is 4.77. The third-order valence-corrected chi connectivity index (χ3v) is 8.43. The van der Waals surface area contributed by atoms with E-state index in [2.05, 4.69) is 35.2 Å². The lowest BCUT2D eigenvalue weighted by molar-refractivity contribution is 0.273. The molecule has 0 radical (unpaired) electrons. The van der Waals surface area contributed by atoms with Crippen molar-refractivity contribution in [1.29, 1.82) is 0 Å². The number of hydrogen-bond donors (Lipinski definition) is 1. The van der Waals surface area contributed by atoms with Gasteiger partial charge in [0.2, 0.25) is 5.88 Å². The molecule has 0 amide bonds. The van der Waals surface area contributed by atoms with Crippen molar-refractivity contribution in [3.63, 3.8) is 0 Å². The zero-order valence-corrected chi connectivity index (χ0v) is 19.4. The van der Waals surface area contributed by atoms with Crippen molar-refractivity contribution in [2.75, 3.05) is 24.6 Å². The van der Waals surface area contributed by atoms with Crippen molar-refractivity contribution >= 4 is 9.84 Å². The summed E-state index contributed by atoms with van der Waals surface area (Å²) in [5, 5.41) is 10.2. The molecule has 2 fully saturated rings. The summed E-state index contributed by atoms with van der Waals surface area (Å²) in [6.45, 7) is 2.33. The van der Waals surface area contributed by atoms with Crippen LogP contribution < -0.4 is 5.69 Å². The second-order valence-corrected chi connectivity index (χ2v) is 11.5. The number of nitrogens with zero attached hydrogens (tertiary/aromatic N) is 3. The van der Waals surface area contributed by atoms with E-state index in [-0.39, 0.29) is 29.1 Å². The van der Waals surface area contributed by atoms with E-state index in [1.165, 1.54) is 10.8 Å². The van der Waals surface area contributed by atoms with Crippen LogP contribution in [0, 0.1) is 0 Å². The minimum Gasteiger partial charge on any atom is -0.493 e. The van der Waals surface area contributed by atoms with Crippen LogP contribution in [0.25, 0.3) is 11.1 Å². The molecule has 1 N–H and O–H groups in total. The van der Waals surface area contributed by atoms with Gasteiger partial charge in [-0.2, -0.15) is 0 Å². The number of aromatic nitrogens is 2. The lowest BCUT2D eigenvalue weighted by atomic mass is 9.93. The van der Waals surface area contributed by atoms with Gasteiger partial charge in [0.05, 0.1) is 24.2 Å². The Labute approximate surface area is 193 Å². The molecule has 1 aliphatic heterocycles. The Morgan fingerprint density at radius 1 is 0.909 bits per heavy atom. The highest BCUT2D eigenvalue weighted by Gasteiger charge is 2.25. The Bertz CT molecular complexity index is 1290. The lowest BCUT2D eigenvalue weighted by Gasteiger charge is -2.26. The fourth-order valence-electron chi connectivity index (χ4n) is 4.61. The van der Waals surface area contributed by atoms with Crippen LogP contribution in [0.3, 0.4) is 0 Å². The third-order valence-electron chi connectivity index (χ3n) is 6.82. The molecule has 0 unspecified atom stereocenters. The maximum Gasteiger partial charge on any atom is 0.331 e. The first-order valence-electron chi connectivity index (χ1n) is 11.5. The topological polar surface area (TPSA) is 84.5 Å². The van der Waals surface area contributed by atoms with Crippen molar-refractivity contribution < 1.29 is 13.5 Å². The Balaban J connectivity index is 1.27. The van der Waals surface area contributed by atoms with Gasteiger partial charge < -0.3 is 5.11 Å². The van der Waals surface area contributed by atoms with E-state index < -0.39 is 9.84 Å². The largest absolute Gasteiger partial charge is 0.493 e. The van der Waals surface area contributed by atoms with E-state index in [4.69, 9.17) is 0 Å². The highest BCUT2D eigenvalue weighted by Crippen LogP contribution is 2.33. The Kier molecular flexibility index (Phi) is 5.88. The molecule has 3 aromatic rings. The highest BCUT2D eigenvalue weighted by atomic mass is 32.2. The number of aromatic hydroxyl groups is 1. The molecule has 2 aromatic carbocycles. The SMILES string of the molecule is O=c1n(Cc2ccc(-c3cccc(CN4CCS(=O)(=O)CC4)c3)cc2)cc(O)n1C1CCC1. The predicted octanol–water partition coefficient (Wildman–Crippen LogP) is 3.03. The Morgan fingerprint density at radius 2 is 1.64 bits per heavy atom. The smallest absolute Gasteiger partial charge is 0.331 e. The molecule has 0 bridgehead atoms. The molecule has 0 atom stereocenters. The van der Waals surface area contributed by atoms with Crippen LogP contribution in [0.4, 0.5) is 0 Å². The van der Waals surface area contributed by atoms with Crippen LogP contribution in [0.1, 0.15) is 36.4 Å². The number of hydrogen-bond acceptors (Lipinski definition) is 5. The van der Waals surface area contributed by atoms with Crippen LogP contribution >= 0.6 is 0 Å². The lowest BCUT2D eigenvalue weighted by Crippen LogP contribution is -2.39. The molecule has 0 spiro atoms. The van der Waals surface area contributed by atoms with Gasteiger partial charge in [0, 0.05) is 25.7 Å². The molecule has 8 heteroatoms. The molecule has 1 aromatic heterocycles. The predicted molar refractivity (Wildman–Crippen MR) is 128 cm³/mol. The van der Waals surface area contributed by atoms with Crippen LogP contribution in [0.5, 0.6) is 5.88 Å². The fourth-order valence-corrected chi connectivity index (χ4v) is 5.89. The second kappa shape index (κ2) is 8.83.